The van der Waals surface area contributed by atoms with Crippen LogP contribution in [0.15, 0.2) is 48.5 Å². The van der Waals surface area contributed by atoms with Crippen molar-refractivity contribution in [2.75, 3.05) is 39.4 Å². The quantitative estimate of drug-likeness (QED) is 0.482. The van der Waals surface area contributed by atoms with Crippen LogP contribution in [0.4, 0.5) is 4.39 Å². The number of halogens is 1. The number of hydrogen-bond acceptors (Lipinski definition) is 4. The van der Waals surface area contributed by atoms with E-state index in [4.69, 9.17) is 9.84 Å². The Morgan fingerprint density at radius 3 is 2.24 bits per heavy atom. The number of hydrogen-bond donors (Lipinski definition) is 2. The van der Waals surface area contributed by atoms with Crippen LogP contribution in [0.2, 0.25) is 0 Å². The smallest absolute Gasteiger partial charge is 0.251 e. The average Bonchev–Trinajstić information content (AvgIpc) is 2.81. The normalized spacial score (nSPS) is 15.4. The third-order valence-electron chi connectivity index (χ3n) is 6.00. The molecule has 2 aromatic carbocycles. The van der Waals surface area contributed by atoms with Gasteiger partial charge in [0.25, 0.3) is 5.91 Å². The maximum Gasteiger partial charge on any atom is 0.251 e. The summed E-state index contributed by atoms with van der Waals surface area (Å²) in [6.07, 6.45) is 3.54. The summed E-state index contributed by atoms with van der Waals surface area (Å²) < 4.78 is 19.8. The lowest BCUT2D eigenvalue weighted by Gasteiger charge is -2.34. The number of carbonyl (C=O) groups excluding carboxylic acids is 1. The number of amides is 1. The Bertz CT molecular complexity index is 854. The van der Waals surface area contributed by atoms with Gasteiger partial charge in [-0.25, -0.2) is 4.39 Å². The van der Waals surface area contributed by atoms with E-state index in [1.165, 1.54) is 0 Å². The average molecular weight is 457 g/mol. The standard InChI is InChI=1S/C27H37FN2O3/c1-27(2,28)20-30-16-13-21(14-17-30)19-33-25-11-9-23(10-12-25)22-5-7-24(8-6-22)26(32)29-15-3-4-18-31/h5-12,21,31H,3-4,13-20H2,1-2H3,(H,29,32). The molecule has 1 aliphatic heterocycles. The molecule has 0 bridgehead atoms. The summed E-state index contributed by atoms with van der Waals surface area (Å²) in [5.41, 5.74) is 1.60. The van der Waals surface area contributed by atoms with Gasteiger partial charge in [-0.2, -0.15) is 0 Å². The predicted molar refractivity (Wildman–Crippen MR) is 130 cm³/mol. The van der Waals surface area contributed by atoms with E-state index in [0.29, 0.717) is 37.6 Å². The van der Waals surface area contributed by atoms with Gasteiger partial charge in [-0.1, -0.05) is 24.3 Å². The highest BCUT2D eigenvalue weighted by molar-refractivity contribution is 5.94. The topological polar surface area (TPSA) is 61.8 Å². The van der Waals surface area contributed by atoms with Gasteiger partial charge in [-0.15, -0.1) is 0 Å². The summed E-state index contributed by atoms with van der Waals surface area (Å²) in [6.45, 7) is 7.03. The fourth-order valence-corrected chi connectivity index (χ4v) is 4.16. The second-order valence-electron chi connectivity index (χ2n) is 9.54. The molecule has 1 aliphatic rings. The van der Waals surface area contributed by atoms with Crippen LogP contribution in [0.3, 0.4) is 0 Å². The molecule has 1 heterocycles. The third kappa shape index (κ3) is 8.45. The second kappa shape index (κ2) is 12.1. The zero-order valence-corrected chi connectivity index (χ0v) is 19.9. The van der Waals surface area contributed by atoms with Crippen LogP contribution < -0.4 is 10.1 Å². The minimum atomic E-state index is -1.14. The molecule has 0 spiro atoms. The van der Waals surface area contributed by atoms with Gasteiger partial charge in [-0.05, 0) is 93.9 Å². The Labute approximate surface area is 197 Å². The number of rotatable bonds is 11. The van der Waals surface area contributed by atoms with Crippen molar-refractivity contribution in [2.24, 2.45) is 5.92 Å². The van der Waals surface area contributed by atoms with Crippen molar-refractivity contribution in [2.45, 2.75) is 45.2 Å². The van der Waals surface area contributed by atoms with Gasteiger partial charge in [0.15, 0.2) is 0 Å². The Kier molecular flexibility index (Phi) is 9.27. The van der Waals surface area contributed by atoms with Crippen LogP contribution >= 0.6 is 0 Å². The number of nitrogens with one attached hydrogen (secondary N) is 1. The van der Waals surface area contributed by atoms with E-state index < -0.39 is 5.67 Å². The van der Waals surface area contributed by atoms with Crippen LogP contribution in [0.1, 0.15) is 49.9 Å². The van der Waals surface area contributed by atoms with Crippen molar-refractivity contribution in [3.05, 3.63) is 54.1 Å². The van der Waals surface area contributed by atoms with Crippen LogP contribution in [0.5, 0.6) is 5.75 Å². The molecule has 1 fully saturated rings. The van der Waals surface area contributed by atoms with Crippen molar-refractivity contribution in [3.63, 3.8) is 0 Å². The molecule has 1 saturated heterocycles. The minimum Gasteiger partial charge on any atom is -0.493 e. The minimum absolute atomic E-state index is 0.0949. The molecule has 0 aliphatic carbocycles. The second-order valence-corrected chi connectivity index (χ2v) is 9.54. The lowest BCUT2D eigenvalue weighted by molar-refractivity contribution is 0.0836. The molecule has 3 rings (SSSR count). The van der Waals surface area contributed by atoms with E-state index in [-0.39, 0.29) is 12.5 Å². The fourth-order valence-electron chi connectivity index (χ4n) is 4.16. The van der Waals surface area contributed by atoms with Gasteiger partial charge >= 0.3 is 0 Å². The Morgan fingerprint density at radius 2 is 1.67 bits per heavy atom. The highest BCUT2D eigenvalue weighted by Crippen LogP contribution is 2.25. The largest absolute Gasteiger partial charge is 0.493 e. The number of likely N-dealkylation sites (tertiary alicyclic amines) is 1. The van der Waals surface area contributed by atoms with Crippen molar-refractivity contribution < 1.29 is 19.0 Å². The number of nitrogens with zero attached hydrogens (tertiary/aromatic N) is 1. The van der Waals surface area contributed by atoms with Crippen LogP contribution in [-0.2, 0) is 0 Å². The molecule has 180 valence electrons. The summed E-state index contributed by atoms with van der Waals surface area (Å²) in [5.74, 6) is 1.26. The summed E-state index contributed by atoms with van der Waals surface area (Å²) in [5, 5.41) is 11.7. The van der Waals surface area contributed by atoms with Gasteiger partial charge < -0.3 is 20.1 Å². The van der Waals surface area contributed by atoms with Crippen molar-refractivity contribution in [1.29, 1.82) is 0 Å². The van der Waals surface area contributed by atoms with Crippen LogP contribution in [0, 0.1) is 5.92 Å². The number of piperidine rings is 1. The molecule has 6 heteroatoms. The number of benzene rings is 2. The van der Waals surface area contributed by atoms with E-state index in [1.54, 1.807) is 13.8 Å². The zero-order chi connectivity index (χ0) is 23.7. The third-order valence-corrected chi connectivity index (χ3v) is 6.00. The predicted octanol–water partition coefficient (Wildman–Crippen LogP) is 4.69. The first-order chi connectivity index (χ1) is 15.8. The first-order valence-electron chi connectivity index (χ1n) is 12.0. The maximum atomic E-state index is 13.8. The lowest BCUT2D eigenvalue weighted by Crippen LogP contribution is -2.41. The fraction of sp³-hybridized carbons (Fsp3) is 0.519. The molecule has 1 amide bonds. The van der Waals surface area contributed by atoms with Crippen molar-refractivity contribution >= 4 is 5.91 Å². The highest BCUT2D eigenvalue weighted by atomic mass is 19.1. The number of alkyl halides is 1. The molecule has 0 saturated carbocycles. The molecule has 2 aromatic rings. The van der Waals surface area contributed by atoms with Gasteiger partial charge in [0.1, 0.15) is 11.4 Å². The number of unbranched alkanes of at least 4 members (excludes halogenated alkanes) is 1. The molecule has 33 heavy (non-hydrogen) atoms. The molecular formula is C27H37FN2O3. The number of carbonyl (C=O) groups is 1. The van der Waals surface area contributed by atoms with Gasteiger partial charge in [0.2, 0.25) is 0 Å². The Morgan fingerprint density at radius 1 is 1.06 bits per heavy atom. The van der Waals surface area contributed by atoms with Crippen LogP contribution in [0.25, 0.3) is 11.1 Å². The SMILES string of the molecule is CC(C)(F)CN1CCC(COc2ccc(-c3ccc(C(=O)NCCCCO)cc3)cc2)CC1. The molecule has 0 radical (unpaired) electrons. The van der Waals surface area contributed by atoms with Crippen molar-refractivity contribution in [3.8, 4) is 16.9 Å². The van der Waals surface area contributed by atoms with Crippen LogP contribution in [-0.4, -0.2) is 61.0 Å². The molecule has 0 aromatic heterocycles. The van der Waals surface area contributed by atoms with E-state index in [2.05, 4.69) is 10.2 Å². The molecular weight excluding hydrogens is 419 g/mol. The van der Waals surface area contributed by atoms with Gasteiger partial charge in [0.05, 0.1) is 6.61 Å². The van der Waals surface area contributed by atoms with E-state index in [1.807, 2.05) is 48.5 Å². The first-order valence-corrected chi connectivity index (χ1v) is 12.0. The van der Waals surface area contributed by atoms with Gasteiger partial charge in [-0.3, -0.25) is 4.79 Å². The summed E-state index contributed by atoms with van der Waals surface area (Å²) >= 11 is 0. The summed E-state index contributed by atoms with van der Waals surface area (Å²) in [4.78, 5) is 14.4. The van der Waals surface area contributed by atoms with E-state index >= 15 is 0 Å². The van der Waals surface area contributed by atoms with Crippen molar-refractivity contribution in [1.82, 2.24) is 10.2 Å². The van der Waals surface area contributed by atoms with E-state index in [9.17, 15) is 9.18 Å². The van der Waals surface area contributed by atoms with E-state index in [0.717, 1.165) is 49.2 Å². The molecule has 2 N–H and O–H groups in total. The highest BCUT2D eigenvalue weighted by Gasteiger charge is 2.25. The molecule has 0 atom stereocenters. The van der Waals surface area contributed by atoms with Gasteiger partial charge in [0, 0.05) is 25.3 Å². The Balaban J connectivity index is 1.44. The number of ether oxygens (including phenoxy) is 1. The molecule has 5 nitrogen and oxygen atoms in total. The summed E-state index contributed by atoms with van der Waals surface area (Å²) in [7, 11) is 0. The number of aliphatic hydroxyl groups excluding tert-OH is 1. The molecule has 0 unspecified atom stereocenters. The maximum absolute atomic E-state index is 13.8. The zero-order valence-electron chi connectivity index (χ0n) is 19.9. The summed E-state index contributed by atoms with van der Waals surface area (Å²) in [6, 6.07) is 15.6. The number of aliphatic hydroxyl groups is 1. The first kappa shape index (κ1) is 25.2. The Hall–Kier alpha value is -2.44. The monoisotopic (exact) mass is 456 g/mol. The lowest BCUT2D eigenvalue weighted by atomic mass is 9.97.